The average Bonchev–Trinajstić information content (AvgIpc) is 3.14. The van der Waals surface area contributed by atoms with Crippen LogP contribution in [0, 0.1) is 0 Å². The Labute approximate surface area is 168 Å². The highest BCUT2D eigenvalue weighted by Gasteiger charge is 2.28. The quantitative estimate of drug-likeness (QED) is 0.744. The monoisotopic (exact) mass is 387 g/mol. The summed E-state index contributed by atoms with van der Waals surface area (Å²) < 4.78 is 1.82. The Balaban J connectivity index is 1.54. The summed E-state index contributed by atoms with van der Waals surface area (Å²) in [5, 5.41) is 10.9. The van der Waals surface area contributed by atoms with E-state index in [1.54, 1.807) is 17.4 Å². The van der Waals surface area contributed by atoms with Gasteiger partial charge in [0.25, 0.3) is 0 Å². The van der Waals surface area contributed by atoms with Crippen molar-refractivity contribution >= 4 is 23.6 Å². The normalized spacial score (nSPS) is 15.1. The number of nitrogens with one attached hydrogen (secondary N) is 1. The molecule has 29 heavy (non-hydrogen) atoms. The summed E-state index contributed by atoms with van der Waals surface area (Å²) in [6, 6.07) is 14.9. The van der Waals surface area contributed by atoms with Crippen molar-refractivity contribution in [2.24, 2.45) is 7.05 Å². The van der Waals surface area contributed by atoms with E-state index in [1.165, 1.54) is 6.92 Å². The molecular formula is C22H21N5O2. The van der Waals surface area contributed by atoms with Gasteiger partial charge in [0.2, 0.25) is 11.8 Å². The maximum absolute atomic E-state index is 12.8. The lowest BCUT2D eigenvalue weighted by molar-refractivity contribution is -0.129. The fourth-order valence-electron chi connectivity index (χ4n) is 3.58. The lowest BCUT2D eigenvalue weighted by Gasteiger charge is -2.32. The Morgan fingerprint density at radius 1 is 1.14 bits per heavy atom. The van der Waals surface area contributed by atoms with E-state index in [0.29, 0.717) is 5.69 Å². The van der Waals surface area contributed by atoms with E-state index in [1.807, 2.05) is 66.2 Å². The van der Waals surface area contributed by atoms with Crippen molar-refractivity contribution < 1.29 is 9.59 Å². The molecule has 2 aromatic carbocycles. The van der Waals surface area contributed by atoms with Gasteiger partial charge in [0.15, 0.2) is 5.82 Å². The number of hydrogen-bond donors (Lipinski definition) is 1. The third-order valence-corrected chi connectivity index (χ3v) is 4.96. The fraction of sp³-hybridized carbons (Fsp3) is 0.182. The highest BCUT2D eigenvalue weighted by molar-refractivity contribution is 5.92. The van der Waals surface area contributed by atoms with Gasteiger partial charge in [-0.1, -0.05) is 36.4 Å². The average molecular weight is 387 g/mol. The molecule has 2 heterocycles. The maximum atomic E-state index is 12.8. The first kappa shape index (κ1) is 18.6. The van der Waals surface area contributed by atoms with Crippen molar-refractivity contribution in [2.75, 3.05) is 5.32 Å². The predicted octanol–water partition coefficient (Wildman–Crippen LogP) is 3.38. The van der Waals surface area contributed by atoms with Gasteiger partial charge in [-0.05, 0) is 29.3 Å². The Hall–Kier alpha value is -3.74. The summed E-state index contributed by atoms with van der Waals surface area (Å²) in [5.74, 6) is 0.453. The molecule has 0 radical (unpaired) electrons. The Morgan fingerprint density at radius 3 is 2.72 bits per heavy atom. The van der Waals surface area contributed by atoms with Gasteiger partial charge in [-0.3, -0.25) is 9.59 Å². The minimum absolute atomic E-state index is 0.0992. The van der Waals surface area contributed by atoms with Crippen molar-refractivity contribution in [3.05, 3.63) is 72.2 Å². The molecule has 7 heteroatoms. The maximum Gasteiger partial charge on any atom is 0.226 e. The SMILES string of the molecule is CC(=O)N1C=Cc2ccccc2[C@H]1CC(=O)Nc1cccc(-c2nncn2C)c1. The number of fused-ring (bicyclic) bond motifs is 1. The van der Waals surface area contributed by atoms with Crippen molar-refractivity contribution in [2.45, 2.75) is 19.4 Å². The molecule has 3 aromatic rings. The molecule has 1 atom stereocenters. The van der Waals surface area contributed by atoms with Crippen LogP contribution >= 0.6 is 0 Å². The van der Waals surface area contributed by atoms with Crippen molar-refractivity contribution in [3.63, 3.8) is 0 Å². The molecule has 0 fully saturated rings. The summed E-state index contributed by atoms with van der Waals surface area (Å²) in [6.07, 6.45) is 5.44. The van der Waals surface area contributed by atoms with E-state index in [2.05, 4.69) is 15.5 Å². The minimum Gasteiger partial charge on any atom is -0.326 e. The molecule has 0 unspecified atom stereocenters. The van der Waals surface area contributed by atoms with Crippen LogP contribution in [0.2, 0.25) is 0 Å². The first-order chi connectivity index (χ1) is 14.0. The Bertz CT molecular complexity index is 1100. The second-order valence-corrected chi connectivity index (χ2v) is 6.99. The van der Waals surface area contributed by atoms with Crippen LogP contribution < -0.4 is 5.32 Å². The third-order valence-electron chi connectivity index (χ3n) is 4.96. The summed E-state index contributed by atoms with van der Waals surface area (Å²) in [5.41, 5.74) is 3.52. The number of rotatable bonds is 4. The van der Waals surface area contributed by atoms with E-state index in [4.69, 9.17) is 0 Å². The molecule has 1 aliphatic heterocycles. The largest absolute Gasteiger partial charge is 0.326 e. The number of benzene rings is 2. The summed E-state index contributed by atoms with van der Waals surface area (Å²) >= 11 is 0. The van der Waals surface area contributed by atoms with Crippen LogP contribution in [0.15, 0.2) is 61.1 Å². The van der Waals surface area contributed by atoms with Gasteiger partial charge >= 0.3 is 0 Å². The van der Waals surface area contributed by atoms with Gasteiger partial charge < -0.3 is 14.8 Å². The van der Waals surface area contributed by atoms with Crippen LogP contribution in [0.1, 0.15) is 30.5 Å². The first-order valence-electron chi connectivity index (χ1n) is 9.33. The number of aromatic nitrogens is 3. The molecule has 1 aliphatic rings. The molecule has 2 amide bonds. The predicted molar refractivity (Wildman–Crippen MR) is 110 cm³/mol. The van der Waals surface area contributed by atoms with Crippen LogP contribution in [0.5, 0.6) is 0 Å². The summed E-state index contributed by atoms with van der Waals surface area (Å²) in [6.45, 7) is 1.51. The van der Waals surface area contributed by atoms with Gasteiger partial charge in [0.05, 0.1) is 12.5 Å². The number of aryl methyl sites for hydroxylation is 1. The van der Waals surface area contributed by atoms with E-state index >= 15 is 0 Å². The summed E-state index contributed by atoms with van der Waals surface area (Å²) in [7, 11) is 1.87. The molecule has 146 valence electrons. The molecule has 0 saturated carbocycles. The molecule has 0 bridgehead atoms. The van der Waals surface area contributed by atoms with E-state index in [9.17, 15) is 9.59 Å². The zero-order valence-electron chi connectivity index (χ0n) is 16.2. The topological polar surface area (TPSA) is 80.1 Å². The van der Waals surface area contributed by atoms with Crippen LogP contribution in [-0.2, 0) is 16.6 Å². The molecule has 0 spiro atoms. The zero-order chi connectivity index (χ0) is 20.4. The second kappa shape index (κ2) is 7.71. The van der Waals surface area contributed by atoms with Crippen LogP contribution in [-0.4, -0.2) is 31.5 Å². The highest BCUT2D eigenvalue weighted by Crippen LogP contribution is 2.33. The van der Waals surface area contributed by atoms with E-state index in [-0.39, 0.29) is 24.3 Å². The third kappa shape index (κ3) is 3.80. The number of hydrogen-bond acceptors (Lipinski definition) is 4. The number of carbonyl (C=O) groups is 2. The lowest BCUT2D eigenvalue weighted by Crippen LogP contribution is -2.33. The second-order valence-electron chi connectivity index (χ2n) is 6.99. The lowest BCUT2D eigenvalue weighted by atomic mass is 9.93. The fourth-order valence-corrected chi connectivity index (χ4v) is 3.58. The Morgan fingerprint density at radius 2 is 1.97 bits per heavy atom. The van der Waals surface area contributed by atoms with E-state index < -0.39 is 0 Å². The van der Waals surface area contributed by atoms with Crippen LogP contribution in [0.3, 0.4) is 0 Å². The van der Waals surface area contributed by atoms with Crippen molar-refractivity contribution in [1.82, 2.24) is 19.7 Å². The number of amides is 2. The number of nitrogens with zero attached hydrogens (tertiary/aromatic N) is 4. The Kier molecular flexibility index (Phi) is 4.95. The van der Waals surface area contributed by atoms with Gasteiger partial charge in [-0.25, -0.2) is 0 Å². The molecule has 1 N–H and O–H groups in total. The van der Waals surface area contributed by atoms with Crippen molar-refractivity contribution in [1.29, 1.82) is 0 Å². The smallest absolute Gasteiger partial charge is 0.226 e. The molecular weight excluding hydrogens is 366 g/mol. The van der Waals surface area contributed by atoms with Gasteiger partial charge in [0.1, 0.15) is 6.33 Å². The van der Waals surface area contributed by atoms with Gasteiger partial charge in [-0.2, -0.15) is 0 Å². The first-order valence-corrected chi connectivity index (χ1v) is 9.33. The molecule has 7 nitrogen and oxygen atoms in total. The standard InChI is InChI=1S/C22H21N5O2/c1-15(28)27-11-10-16-6-3-4-9-19(16)20(27)13-21(29)24-18-8-5-7-17(12-18)22-25-23-14-26(22)2/h3-12,14,20H,13H2,1-2H3,(H,24,29)/t20-/m1/s1. The summed E-state index contributed by atoms with van der Waals surface area (Å²) in [4.78, 5) is 26.5. The molecule has 4 rings (SSSR count). The highest BCUT2D eigenvalue weighted by atomic mass is 16.2. The molecule has 0 aliphatic carbocycles. The van der Waals surface area contributed by atoms with E-state index in [0.717, 1.165) is 22.5 Å². The number of carbonyl (C=O) groups excluding carboxylic acids is 2. The molecule has 0 saturated heterocycles. The minimum atomic E-state index is -0.337. The number of anilines is 1. The van der Waals surface area contributed by atoms with Gasteiger partial charge in [-0.15, -0.1) is 10.2 Å². The van der Waals surface area contributed by atoms with Crippen LogP contribution in [0.25, 0.3) is 17.5 Å². The van der Waals surface area contributed by atoms with Crippen LogP contribution in [0.4, 0.5) is 5.69 Å². The molecule has 1 aromatic heterocycles. The van der Waals surface area contributed by atoms with Gasteiger partial charge in [0, 0.05) is 31.4 Å². The zero-order valence-corrected chi connectivity index (χ0v) is 16.2. The van der Waals surface area contributed by atoms with Crippen molar-refractivity contribution in [3.8, 4) is 11.4 Å².